The number of sulfonamides is 1. The Bertz CT molecular complexity index is 356. The van der Waals surface area contributed by atoms with Crippen LogP contribution in [0, 0.1) is 0 Å². The van der Waals surface area contributed by atoms with Gasteiger partial charge in [-0.2, -0.15) is 13.1 Å². The lowest BCUT2D eigenvalue weighted by atomic mass is 10.1. The molecule has 0 atom stereocenters. The highest BCUT2D eigenvalue weighted by atomic mass is 32.2. The van der Waals surface area contributed by atoms with Crippen LogP contribution in [0.2, 0.25) is 0 Å². The minimum absolute atomic E-state index is 0.0253. The molecule has 0 saturated carbocycles. The van der Waals surface area contributed by atoms with Gasteiger partial charge >= 0.3 is 5.76 Å². The zero-order chi connectivity index (χ0) is 11.5. The number of nitrogens with zero attached hydrogens (tertiary/aromatic N) is 2. The second-order valence-corrected chi connectivity index (χ2v) is 5.06. The Morgan fingerprint density at radius 2 is 1.87 bits per heavy atom. The molecule has 1 saturated heterocycles. The minimum Gasteiger partial charge on any atom is -0.211 e. The maximum atomic E-state index is 12.1. The Labute approximate surface area is 85.8 Å². The van der Waals surface area contributed by atoms with E-state index in [1.807, 2.05) is 0 Å². The highest BCUT2D eigenvalue weighted by Crippen LogP contribution is 2.19. The van der Waals surface area contributed by atoms with E-state index in [2.05, 4.69) is 4.99 Å². The molecule has 0 aromatic heterocycles. The molecule has 1 aliphatic heterocycles. The van der Waals surface area contributed by atoms with Crippen LogP contribution < -0.4 is 0 Å². The Balaban J connectivity index is 2.62. The van der Waals surface area contributed by atoms with Crippen LogP contribution in [0.3, 0.4) is 0 Å². The standard InChI is InChI=1S/C7H10F2N2O3S/c8-7(9)15(13,14)11-3-1-6(2-4-11)10-5-12/h6-7H,1-4H2. The molecule has 1 aliphatic rings. The fraction of sp³-hybridized carbons (Fsp3) is 0.857. The van der Waals surface area contributed by atoms with E-state index < -0.39 is 15.8 Å². The number of aliphatic imine (C=N–C) groups is 1. The van der Waals surface area contributed by atoms with Crippen molar-refractivity contribution in [1.82, 2.24) is 4.31 Å². The summed E-state index contributed by atoms with van der Waals surface area (Å²) in [6.07, 6.45) is 1.93. The van der Waals surface area contributed by atoms with E-state index in [0.717, 1.165) is 4.31 Å². The van der Waals surface area contributed by atoms with E-state index in [-0.39, 0.29) is 32.0 Å². The third kappa shape index (κ3) is 2.80. The topological polar surface area (TPSA) is 66.8 Å². The second kappa shape index (κ2) is 4.78. The van der Waals surface area contributed by atoms with E-state index in [1.165, 1.54) is 6.08 Å². The number of halogens is 2. The maximum Gasteiger partial charge on any atom is 0.350 e. The van der Waals surface area contributed by atoms with Crippen molar-refractivity contribution < 1.29 is 22.0 Å². The first kappa shape index (κ1) is 12.2. The van der Waals surface area contributed by atoms with Crippen molar-refractivity contribution in [2.45, 2.75) is 24.6 Å². The van der Waals surface area contributed by atoms with Crippen LogP contribution in [-0.2, 0) is 14.8 Å². The third-order valence-electron chi connectivity index (χ3n) is 2.24. The normalized spacial score (nSPS) is 20.2. The van der Waals surface area contributed by atoms with E-state index in [0.29, 0.717) is 0 Å². The van der Waals surface area contributed by atoms with Crippen LogP contribution in [0.15, 0.2) is 4.99 Å². The molecule has 0 N–H and O–H groups in total. The first-order valence-electron chi connectivity index (χ1n) is 4.32. The van der Waals surface area contributed by atoms with E-state index in [1.54, 1.807) is 0 Å². The summed E-state index contributed by atoms with van der Waals surface area (Å²) in [7, 11) is -4.48. The molecule has 0 amide bonds. The van der Waals surface area contributed by atoms with Crippen molar-refractivity contribution in [2.24, 2.45) is 4.99 Å². The fourth-order valence-corrected chi connectivity index (χ4v) is 2.36. The highest BCUT2D eigenvalue weighted by Gasteiger charge is 2.34. The maximum absolute atomic E-state index is 12.1. The monoisotopic (exact) mass is 240 g/mol. The van der Waals surface area contributed by atoms with E-state index >= 15 is 0 Å². The molecule has 8 heteroatoms. The van der Waals surface area contributed by atoms with Crippen molar-refractivity contribution in [3.8, 4) is 0 Å². The van der Waals surface area contributed by atoms with Crippen molar-refractivity contribution in [2.75, 3.05) is 13.1 Å². The molecule has 1 fully saturated rings. The van der Waals surface area contributed by atoms with Gasteiger partial charge in [-0.15, -0.1) is 0 Å². The lowest BCUT2D eigenvalue weighted by Crippen LogP contribution is -2.42. The van der Waals surface area contributed by atoms with Gasteiger partial charge in [0, 0.05) is 13.1 Å². The summed E-state index contributed by atoms with van der Waals surface area (Å²) in [5.74, 6) is -3.39. The van der Waals surface area contributed by atoms with E-state index in [9.17, 15) is 22.0 Å². The molecule has 1 heterocycles. The quantitative estimate of drug-likeness (QED) is 0.527. The van der Waals surface area contributed by atoms with Gasteiger partial charge in [-0.1, -0.05) is 0 Å². The van der Waals surface area contributed by atoms with Gasteiger partial charge < -0.3 is 0 Å². The molecule has 0 unspecified atom stereocenters. The molecule has 0 aromatic carbocycles. The SMILES string of the molecule is O=C=NC1CCN(S(=O)(=O)C(F)F)CC1. The van der Waals surface area contributed by atoms with Crippen molar-refractivity contribution in [3.05, 3.63) is 0 Å². The van der Waals surface area contributed by atoms with Crippen LogP contribution in [0.4, 0.5) is 8.78 Å². The molecule has 1 rings (SSSR count). The number of isocyanates is 1. The highest BCUT2D eigenvalue weighted by molar-refractivity contribution is 7.89. The van der Waals surface area contributed by atoms with Gasteiger partial charge in [-0.25, -0.2) is 18.2 Å². The summed E-state index contributed by atoms with van der Waals surface area (Å²) in [6, 6.07) is -0.299. The van der Waals surface area contributed by atoms with Gasteiger partial charge in [-0.05, 0) is 12.8 Å². The average Bonchev–Trinajstić information content (AvgIpc) is 2.19. The Morgan fingerprint density at radius 1 is 1.33 bits per heavy atom. The largest absolute Gasteiger partial charge is 0.350 e. The fourth-order valence-electron chi connectivity index (χ4n) is 1.41. The Kier molecular flexibility index (Phi) is 3.90. The summed E-state index contributed by atoms with van der Waals surface area (Å²) < 4.78 is 47.0. The number of hydrogen-bond acceptors (Lipinski definition) is 4. The molecular formula is C7H10F2N2O3S. The molecule has 15 heavy (non-hydrogen) atoms. The lowest BCUT2D eigenvalue weighted by molar-refractivity contribution is 0.211. The molecule has 5 nitrogen and oxygen atoms in total. The molecule has 0 bridgehead atoms. The van der Waals surface area contributed by atoms with Crippen molar-refractivity contribution in [3.63, 3.8) is 0 Å². The number of hydrogen-bond donors (Lipinski definition) is 0. The van der Waals surface area contributed by atoms with Crippen molar-refractivity contribution in [1.29, 1.82) is 0 Å². The van der Waals surface area contributed by atoms with Crippen LogP contribution in [0.1, 0.15) is 12.8 Å². The smallest absolute Gasteiger partial charge is 0.211 e. The first-order valence-corrected chi connectivity index (χ1v) is 5.83. The average molecular weight is 240 g/mol. The van der Waals surface area contributed by atoms with Crippen molar-refractivity contribution >= 4 is 16.1 Å². The second-order valence-electron chi connectivity index (χ2n) is 3.16. The summed E-state index contributed by atoms with van der Waals surface area (Å²) >= 11 is 0. The summed E-state index contributed by atoms with van der Waals surface area (Å²) in [6.45, 7) is -0.0506. The molecule has 0 aliphatic carbocycles. The van der Waals surface area contributed by atoms with Gasteiger partial charge in [0.1, 0.15) is 0 Å². The number of alkyl halides is 2. The Morgan fingerprint density at radius 3 is 2.27 bits per heavy atom. The number of carbonyl (C=O) groups excluding carboxylic acids is 1. The number of piperidine rings is 1. The molecule has 0 radical (unpaired) electrons. The minimum atomic E-state index is -4.48. The predicted molar refractivity (Wildman–Crippen MR) is 47.6 cm³/mol. The zero-order valence-electron chi connectivity index (χ0n) is 7.77. The molecule has 86 valence electrons. The molecule has 0 aromatic rings. The van der Waals surface area contributed by atoms with E-state index in [4.69, 9.17) is 0 Å². The van der Waals surface area contributed by atoms with Crippen LogP contribution in [-0.4, -0.2) is 43.7 Å². The van der Waals surface area contributed by atoms with Crippen LogP contribution >= 0.6 is 0 Å². The predicted octanol–water partition coefficient (Wildman–Crippen LogP) is 0.339. The van der Waals surface area contributed by atoms with Crippen LogP contribution in [0.5, 0.6) is 0 Å². The summed E-state index contributed by atoms with van der Waals surface area (Å²) in [5, 5.41) is 0. The summed E-state index contributed by atoms with van der Waals surface area (Å²) in [5.41, 5.74) is 0. The Hall–Kier alpha value is -0.850. The number of rotatable bonds is 3. The van der Waals surface area contributed by atoms with Gasteiger partial charge in [-0.3, -0.25) is 0 Å². The third-order valence-corrected chi connectivity index (χ3v) is 3.78. The zero-order valence-corrected chi connectivity index (χ0v) is 8.58. The van der Waals surface area contributed by atoms with Gasteiger partial charge in [0.15, 0.2) is 0 Å². The van der Waals surface area contributed by atoms with Gasteiger partial charge in [0.2, 0.25) is 6.08 Å². The summed E-state index contributed by atoms with van der Waals surface area (Å²) in [4.78, 5) is 13.3. The molecular weight excluding hydrogens is 230 g/mol. The van der Waals surface area contributed by atoms with Gasteiger partial charge in [0.25, 0.3) is 10.0 Å². The first-order chi connectivity index (χ1) is 6.98. The van der Waals surface area contributed by atoms with Crippen LogP contribution in [0.25, 0.3) is 0 Å². The lowest BCUT2D eigenvalue weighted by Gasteiger charge is -2.28. The van der Waals surface area contributed by atoms with Gasteiger partial charge in [0.05, 0.1) is 6.04 Å². The molecule has 0 spiro atoms.